The molecule has 2 aromatic carbocycles. The summed E-state index contributed by atoms with van der Waals surface area (Å²) < 4.78 is 0. The zero-order chi connectivity index (χ0) is 18.0. The first kappa shape index (κ1) is 17.5. The van der Waals surface area contributed by atoms with E-state index in [4.69, 9.17) is 11.6 Å². The van der Waals surface area contributed by atoms with Crippen LogP contribution < -0.4 is 10.2 Å². The van der Waals surface area contributed by atoms with Crippen molar-refractivity contribution in [3.8, 4) is 0 Å². The van der Waals surface area contributed by atoms with Crippen LogP contribution in [0.25, 0.3) is 0 Å². The number of rotatable bonds is 4. The molecule has 1 aliphatic heterocycles. The van der Waals surface area contributed by atoms with Gasteiger partial charge in [-0.15, -0.1) is 0 Å². The molecule has 0 spiro atoms. The Kier molecular flexibility index (Phi) is 5.09. The van der Waals surface area contributed by atoms with Gasteiger partial charge in [0.15, 0.2) is 0 Å². The van der Waals surface area contributed by atoms with E-state index in [0.29, 0.717) is 11.6 Å². The molecule has 1 aliphatic rings. The van der Waals surface area contributed by atoms with Crippen LogP contribution in [0.3, 0.4) is 0 Å². The largest absolute Gasteiger partial charge is 0.326 e. The highest BCUT2D eigenvalue weighted by Crippen LogP contribution is 2.32. The number of hydrogen-bond donors (Lipinski definition) is 1. The predicted octanol–water partition coefficient (Wildman–Crippen LogP) is 4.20. The van der Waals surface area contributed by atoms with Crippen LogP contribution in [0.2, 0.25) is 5.02 Å². The van der Waals surface area contributed by atoms with Gasteiger partial charge in [-0.2, -0.15) is 0 Å². The number of amides is 2. The van der Waals surface area contributed by atoms with Crippen LogP contribution in [0.1, 0.15) is 24.5 Å². The van der Waals surface area contributed by atoms with Crippen LogP contribution in [0.15, 0.2) is 42.5 Å². The molecule has 1 N–H and O–H groups in total. The molecule has 0 bridgehead atoms. The minimum absolute atomic E-state index is 0.0470. The molecule has 0 aliphatic carbocycles. The van der Waals surface area contributed by atoms with E-state index in [1.807, 2.05) is 50.2 Å². The number of benzene rings is 2. The van der Waals surface area contributed by atoms with Gasteiger partial charge in [-0.3, -0.25) is 9.59 Å². The lowest BCUT2D eigenvalue weighted by atomic mass is 10.1. The summed E-state index contributed by atoms with van der Waals surface area (Å²) in [6.45, 7) is 4.31. The molecule has 1 fully saturated rings. The van der Waals surface area contributed by atoms with Crippen molar-refractivity contribution in [2.45, 2.75) is 26.7 Å². The quantitative estimate of drug-likeness (QED) is 0.892. The first-order chi connectivity index (χ1) is 12.0. The molecule has 1 atom stereocenters. The van der Waals surface area contributed by atoms with E-state index in [-0.39, 0.29) is 24.2 Å². The molecule has 1 heterocycles. The van der Waals surface area contributed by atoms with Crippen molar-refractivity contribution in [2.75, 3.05) is 16.8 Å². The second-order valence-corrected chi connectivity index (χ2v) is 6.70. The van der Waals surface area contributed by atoms with Crippen molar-refractivity contribution >= 4 is 34.8 Å². The van der Waals surface area contributed by atoms with Crippen molar-refractivity contribution in [3.05, 3.63) is 58.6 Å². The third-order valence-corrected chi connectivity index (χ3v) is 5.09. The van der Waals surface area contributed by atoms with Crippen LogP contribution in [-0.2, 0) is 16.0 Å². The number of para-hydroxylation sites is 1. The fraction of sp³-hybridized carbons (Fsp3) is 0.300. The van der Waals surface area contributed by atoms with Crippen molar-refractivity contribution in [3.63, 3.8) is 0 Å². The van der Waals surface area contributed by atoms with Gasteiger partial charge in [0.2, 0.25) is 11.8 Å². The molecule has 5 heteroatoms. The van der Waals surface area contributed by atoms with E-state index in [1.165, 1.54) is 0 Å². The van der Waals surface area contributed by atoms with Crippen molar-refractivity contribution < 1.29 is 9.59 Å². The van der Waals surface area contributed by atoms with E-state index in [2.05, 4.69) is 5.32 Å². The second kappa shape index (κ2) is 7.28. The fourth-order valence-electron chi connectivity index (χ4n) is 3.19. The third kappa shape index (κ3) is 3.54. The molecule has 1 unspecified atom stereocenters. The van der Waals surface area contributed by atoms with Gasteiger partial charge in [-0.25, -0.2) is 0 Å². The number of hydrogen-bond acceptors (Lipinski definition) is 2. The van der Waals surface area contributed by atoms with Crippen molar-refractivity contribution in [1.29, 1.82) is 0 Å². The van der Waals surface area contributed by atoms with Gasteiger partial charge in [0.05, 0.1) is 5.92 Å². The molecule has 130 valence electrons. The van der Waals surface area contributed by atoms with Crippen molar-refractivity contribution in [1.82, 2.24) is 0 Å². The molecule has 0 aromatic heterocycles. The molecular weight excluding hydrogens is 336 g/mol. The standard InChI is InChI=1S/C20H21ClN2O2/c1-3-14-7-4-5-9-17(14)22-20(25)15-11-19(24)23(12-15)18-10-6-8-16(21)13(18)2/h4-10,15H,3,11-12H2,1-2H3,(H,22,25). The molecule has 0 saturated carbocycles. The summed E-state index contributed by atoms with van der Waals surface area (Å²) in [4.78, 5) is 26.7. The number of carbonyl (C=O) groups excluding carboxylic acids is 2. The van der Waals surface area contributed by atoms with Crippen LogP contribution in [-0.4, -0.2) is 18.4 Å². The van der Waals surface area contributed by atoms with Gasteiger partial charge < -0.3 is 10.2 Å². The number of halogens is 1. The molecule has 1 saturated heterocycles. The van der Waals surface area contributed by atoms with E-state index >= 15 is 0 Å². The number of carbonyl (C=O) groups is 2. The average molecular weight is 357 g/mol. The number of anilines is 2. The van der Waals surface area contributed by atoms with E-state index in [0.717, 1.165) is 28.9 Å². The van der Waals surface area contributed by atoms with Crippen LogP contribution in [0.4, 0.5) is 11.4 Å². The summed E-state index contributed by atoms with van der Waals surface area (Å²) in [5, 5.41) is 3.60. The van der Waals surface area contributed by atoms with Gasteiger partial charge in [0, 0.05) is 29.4 Å². The number of nitrogens with one attached hydrogen (secondary N) is 1. The van der Waals surface area contributed by atoms with Gasteiger partial charge >= 0.3 is 0 Å². The Morgan fingerprint density at radius 1 is 1.24 bits per heavy atom. The monoisotopic (exact) mass is 356 g/mol. The molecular formula is C20H21ClN2O2. The molecule has 25 heavy (non-hydrogen) atoms. The fourth-order valence-corrected chi connectivity index (χ4v) is 3.36. The lowest BCUT2D eigenvalue weighted by molar-refractivity contribution is -0.122. The molecule has 3 rings (SSSR count). The maximum absolute atomic E-state index is 12.6. The SMILES string of the molecule is CCc1ccccc1NC(=O)C1CC(=O)N(c2cccc(Cl)c2C)C1. The van der Waals surface area contributed by atoms with Gasteiger partial charge in [-0.1, -0.05) is 42.8 Å². The maximum Gasteiger partial charge on any atom is 0.229 e. The molecule has 4 nitrogen and oxygen atoms in total. The lowest BCUT2D eigenvalue weighted by Gasteiger charge is -2.20. The molecule has 0 radical (unpaired) electrons. The highest BCUT2D eigenvalue weighted by molar-refractivity contribution is 6.31. The van der Waals surface area contributed by atoms with Crippen molar-refractivity contribution in [2.24, 2.45) is 5.92 Å². The lowest BCUT2D eigenvalue weighted by Crippen LogP contribution is -2.28. The van der Waals surface area contributed by atoms with E-state index in [1.54, 1.807) is 11.0 Å². The Balaban J connectivity index is 1.76. The summed E-state index contributed by atoms with van der Waals surface area (Å²) in [5.74, 6) is -0.526. The Morgan fingerprint density at radius 2 is 2.00 bits per heavy atom. The number of aryl methyl sites for hydroxylation is 1. The Hall–Kier alpha value is -2.33. The highest BCUT2D eigenvalue weighted by Gasteiger charge is 2.36. The molecule has 2 aromatic rings. The summed E-state index contributed by atoms with van der Waals surface area (Å²) >= 11 is 6.16. The van der Waals surface area contributed by atoms with Gasteiger partial charge in [-0.05, 0) is 42.7 Å². The van der Waals surface area contributed by atoms with E-state index < -0.39 is 0 Å². The Morgan fingerprint density at radius 3 is 2.76 bits per heavy atom. The smallest absolute Gasteiger partial charge is 0.229 e. The van der Waals surface area contributed by atoms with Gasteiger partial charge in [0.1, 0.15) is 0 Å². The highest BCUT2D eigenvalue weighted by atomic mass is 35.5. The molecule has 2 amide bonds. The zero-order valence-corrected chi connectivity index (χ0v) is 15.1. The van der Waals surface area contributed by atoms with Crippen LogP contribution in [0.5, 0.6) is 0 Å². The first-order valence-electron chi connectivity index (χ1n) is 8.45. The topological polar surface area (TPSA) is 49.4 Å². The predicted molar refractivity (Wildman–Crippen MR) is 101 cm³/mol. The number of nitrogens with zero attached hydrogens (tertiary/aromatic N) is 1. The summed E-state index contributed by atoms with van der Waals surface area (Å²) in [5.41, 5.74) is 3.54. The minimum atomic E-state index is -0.365. The first-order valence-corrected chi connectivity index (χ1v) is 8.83. The van der Waals surface area contributed by atoms with Crippen LogP contribution >= 0.6 is 11.6 Å². The van der Waals surface area contributed by atoms with Crippen LogP contribution in [0, 0.1) is 12.8 Å². The average Bonchev–Trinajstić information content (AvgIpc) is 2.99. The Labute approximate surface area is 152 Å². The van der Waals surface area contributed by atoms with E-state index in [9.17, 15) is 9.59 Å². The minimum Gasteiger partial charge on any atom is -0.326 e. The Bertz CT molecular complexity index is 819. The second-order valence-electron chi connectivity index (χ2n) is 6.29. The summed E-state index contributed by atoms with van der Waals surface area (Å²) in [6.07, 6.45) is 1.06. The summed E-state index contributed by atoms with van der Waals surface area (Å²) in [6, 6.07) is 13.2. The normalized spacial score (nSPS) is 17.0. The maximum atomic E-state index is 12.6. The van der Waals surface area contributed by atoms with Gasteiger partial charge in [0.25, 0.3) is 0 Å². The third-order valence-electron chi connectivity index (χ3n) is 4.68. The summed E-state index contributed by atoms with van der Waals surface area (Å²) in [7, 11) is 0. The zero-order valence-electron chi connectivity index (χ0n) is 14.4.